The van der Waals surface area contributed by atoms with Gasteiger partial charge >= 0.3 is 0 Å². The van der Waals surface area contributed by atoms with Crippen molar-refractivity contribution in [2.45, 2.75) is 13.0 Å². The topological polar surface area (TPSA) is 73.4 Å². The maximum absolute atomic E-state index is 12.9. The maximum Gasteiger partial charge on any atom is 0.255 e. The zero-order valence-corrected chi connectivity index (χ0v) is 20.1. The van der Waals surface area contributed by atoms with Crippen LogP contribution in [0.4, 0.5) is 17.2 Å². The van der Waals surface area contributed by atoms with Crippen molar-refractivity contribution in [2.24, 2.45) is 0 Å². The number of amides is 1. The van der Waals surface area contributed by atoms with E-state index in [2.05, 4.69) is 44.4 Å². The highest BCUT2D eigenvalue weighted by molar-refractivity contribution is 6.04. The minimum atomic E-state index is -0.116. The SMILES string of the molecule is CC(Nc1ncnc2ccccc12)c1cccc(NC(=O)c2ccc(N3CCN(C)CC3)cc2)c1. The summed E-state index contributed by atoms with van der Waals surface area (Å²) < 4.78 is 0. The van der Waals surface area contributed by atoms with Gasteiger partial charge in [0, 0.05) is 48.5 Å². The van der Waals surface area contributed by atoms with Gasteiger partial charge in [0.05, 0.1) is 11.6 Å². The number of para-hydroxylation sites is 1. The number of hydrogen-bond donors (Lipinski definition) is 2. The zero-order valence-electron chi connectivity index (χ0n) is 20.1. The summed E-state index contributed by atoms with van der Waals surface area (Å²) in [5.41, 5.74) is 4.52. The van der Waals surface area contributed by atoms with Gasteiger partial charge in [0.1, 0.15) is 12.1 Å². The van der Waals surface area contributed by atoms with Crippen molar-refractivity contribution >= 4 is 34.0 Å². The van der Waals surface area contributed by atoms with Crippen LogP contribution >= 0.6 is 0 Å². The second-order valence-electron chi connectivity index (χ2n) is 9.02. The Labute approximate surface area is 205 Å². The summed E-state index contributed by atoms with van der Waals surface area (Å²) in [4.78, 5) is 26.4. The molecule has 0 spiro atoms. The number of anilines is 3. The number of nitrogens with one attached hydrogen (secondary N) is 2. The molecule has 7 nitrogen and oxygen atoms in total. The first-order valence-electron chi connectivity index (χ1n) is 12.0. The molecule has 1 unspecified atom stereocenters. The summed E-state index contributed by atoms with van der Waals surface area (Å²) >= 11 is 0. The number of nitrogens with zero attached hydrogens (tertiary/aromatic N) is 4. The molecule has 35 heavy (non-hydrogen) atoms. The molecule has 0 radical (unpaired) electrons. The third-order valence-electron chi connectivity index (χ3n) is 6.54. The zero-order chi connectivity index (χ0) is 24.2. The van der Waals surface area contributed by atoms with Crippen molar-refractivity contribution in [3.63, 3.8) is 0 Å². The number of carbonyl (C=O) groups excluding carboxylic acids is 1. The summed E-state index contributed by atoms with van der Waals surface area (Å²) in [6.07, 6.45) is 1.57. The van der Waals surface area contributed by atoms with Gasteiger partial charge in [-0.3, -0.25) is 4.79 Å². The monoisotopic (exact) mass is 466 g/mol. The normalized spacial score (nSPS) is 15.1. The lowest BCUT2D eigenvalue weighted by Crippen LogP contribution is -2.44. The first-order chi connectivity index (χ1) is 17.1. The summed E-state index contributed by atoms with van der Waals surface area (Å²) in [5, 5.41) is 7.50. The molecule has 0 aliphatic carbocycles. The van der Waals surface area contributed by atoms with Gasteiger partial charge in [0.15, 0.2) is 0 Å². The van der Waals surface area contributed by atoms with E-state index in [0.29, 0.717) is 5.56 Å². The standard InChI is InChI=1S/C28H30N6O/c1-20(31-27-25-8-3-4-9-26(25)29-19-30-27)22-6-5-7-23(18-22)32-28(35)21-10-12-24(13-11-21)34-16-14-33(2)15-17-34/h3-13,18-20H,14-17H2,1-2H3,(H,32,35)(H,29,30,31). The van der Waals surface area contributed by atoms with E-state index in [9.17, 15) is 4.79 Å². The van der Waals surface area contributed by atoms with Crippen molar-refractivity contribution in [3.05, 3.63) is 90.3 Å². The van der Waals surface area contributed by atoms with Crippen molar-refractivity contribution < 1.29 is 4.79 Å². The number of piperazine rings is 1. The van der Waals surface area contributed by atoms with Crippen LogP contribution in [0, 0.1) is 0 Å². The lowest BCUT2D eigenvalue weighted by Gasteiger charge is -2.34. The molecule has 0 bridgehead atoms. The van der Waals surface area contributed by atoms with Crippen LogP contribution in [0.15, 0.2) is 79.1 Å². The van der Waals surface area contributed by atoms with Gasteiger partial charge in [-0.15, -0.1) is 0 Å². The third-order valence-corrected chi connectivity index (χ3v) is 6.54. The third kappa shape index (κ3) is 5.25. The smallest absolute Gasteiger partial charge is 0.255 e. The minimum Gasteiger partial charge on any atom is -0.369 e. The highest BCUT2D eigenvalue weighted by atomic mass is 16.1. The van der Waals surface area contributed by atoms with Gasteiger partial charge < -0.3 is 20.4 Å². The molecule has 1 aromatic heterocycles. The average Bonchev–Trinajstić information content (AvgIpc) is 2.89. The summed E-state index contributed by atoms with van der Waals surface area (Å²) in [5.74, 6) is 0.674. The second-order valence-corrected chi connectivity index (χ2v) is 9.02. The Bertz CT molecular complexity index is 1310. The van der Waals surface area contributed by atoms with Crippen LogP contribution in [0.3, 0.4) is 0 Å². The van der Waals surface area contributed by atoms with Gasteiger partial charge in [0.25, 0.3) is 5.91 Å². The fourth-order valence-corrected chi connectivity index (χ4v) is 4.39. The summed E-state index contributed by atoms with van der Waals surface area (Å²) in [6.45, 7) is 6.20. The number of hydrogen-bond acceptors (Lipinski definition) is 6. The minimum absolute atomic E-state index is 0.00645. The van der Waals surface area contributed by atoms with Crippen LogP contribution in [-0.4, -0.2) is 54.0 Å². The van der Waals surface area contributed by atoms with E-state index >= 15 is 0 Å². The Morgan fingerprint density at radius 2 is 1.69 bits per heavy atom. The fourth-order valence-electron chi connectivity index (χ4n) is 4.39. The lowest BCUT2D eigenvalue weighted by molar-refractivity contribution is 0.102. The molecule has 1 saturated heterocycles. The molecule has 178 valence electrons. The largest absolute Gasteiger partial charge is 0.369 e. The molecule has 1 aliphatic heterocycles. The molecule has 1 aliphatic rings. The van der Waals surface area contributed by atoms with Crippen LogP contribution in [0.25, 0.3) is 10.9 Å². The Balaban J connectivity index is 1.25. The molecule has 5 rings (SSSR count). The Morgan fingerprint density at radius 3 is 2.49 bits per heavy atom. The predicted octanol–water partition coefficient (Wildman–Crippen LogP) is 4.81. The molecular formula is C28H30N6O. The number of fused-ring (bicyclic) bond motifs is 1. The van der Waals surface area contributed by atoms with Gasteiger partial charge in [-0.2, -0.15) is 0 Å². The fraction of sp³-hybridized carbons (Fsp3) is 0.250. The van der Waals surface area contributed by atoms with E-state index in [-0.39, 0.29) is 11.9 Å². The van der Waals surface area contributed by atoms with Crippen molar-refractivity contribution in [1.82, 2.24) is 14.9 Å². The summed E-state index contributed by atoms with van der Waals surface area (Å²) in [6, 6.07) is 23.7. The van der Waals surface area contributed by atoms with Crippen LogP contribution < -0.4 is 15.5 Å². The highest BCUT2D eigenvalue weighted by Gasteiger charge is 2.15. The average molecular weight is 467 g/mol. The number of likely N-dealkylation sites (N-methyl/N-ethyl adjacent to an activating group) is 1. The summed E-state index contributed by atoms with van der Waals surface area (Å²) in [7, 11) is 2.15. The van der Waals surface area contributed by atoms with Crippen molar-refractivity contribution in [3.8, 4) is 0 Å². The Hall–Kier alpha value is -3.97. The van der Waals surface area contributed by atoms with Crippen LogP contribution in [0.1, 0.15) is 28.9 Å². The molecular weight excluding hydrogens is 436 g/mol. The van der Waals surface area contributed by atoms with E-state index in [4.69, 9.17) is 0 Å². The molecule has 0 saturated carbocycles. The van der Waals surface area contributed by atoms with E-state index < -0.39 is 0 Å². The van der Waals surface area contributed by atoms with Crippen LogP contribution in [0.5, 0.6) is 0 Å². The van der Waals surface area contributed by atoms with Gasteiger partial charge in [0.2, 0.25) is 0 Å². The molecule has 1 fully saturated rings. The molecule has 2 heterocycles. The molecule has 4 aromatic rings. The van der Waals surface area contributed by atoms with E-state index in [1.807, 2.05) is 72.8 Å². The van der Waals surface area contributed by atoms with Gasteiger partial charge in [-0.25, -0.2) is 9.97 Å². The first kappa shape index (κ1) is 22.8. The predicted molar refractivity (Wildman–Crippen MR) is 142 cm³/mol. The Morgan fingerprint density at radius 1 is 0.914 bits per heavy atom. The van der Waals surface area contributed by atoms with Gasteiger partial charge in [-0.1, -0.05) is 24.3 Å². The van der Waals surface area contributed by atoms with E-state index in [0.717, 1.165) is 59.8 Å². The molecule has 2 N–H and O–H groups in total. The molecule has 7 heteroatoms. The van der Waals surface area contributed by atoms with Crippen LogP contribution in [-0.2, 0) is 0 Å². The van der Waals surface area contributed by atoms with E-state index in [1.165, 1.54) is 0 Å². The number of benzene rings is 3. The van der Waals surface area contributed by atoms with Crippen molar-refractivity contribution in [2.75, 3.05) is 48.8 Å². The second kappa shape index (κ2) is 10.1. The lowest BCUT2D eigenvalue weighted by atomic mass is 10.1. The van der Waals surface area contributed by atoms with Gasteiger partial charge in [-0.05, 0) is 68.1 Å². The van der Waals surface area contributed by atoms with Crippen LogP contribution in [0.2, 0.25) is 0 Å². The Kier molecular flexibility index (Phi) is 6.59. The maximum atomic E-state index is 12.9. The van der Waals surface area contributed by atoms with E-state index in [1.54, 1.807) is 6.33 Å². The molecule has 1 amide bonds. The number of carbonyl (C=O) groups is 1. The molecule has 1 atom stereocenters. The van der Waals surface area contributed by atoms with Crippen molar-refractivity contribution in [1.29, 1.82) is 0 Å². The molecule has 3 aromatic carbocycles. The first-order valence-corrected chi connectivity index (χ1v) is 12.0. The highest BCUT2D eigenvalue weighted by Crippen LogP contribution is 2.25. The number of rotatable bonds is 6. The number of aromatic nitrogens is 2. The quantitative estimate of drug-likeness (QED) is 0.425.